The first-order chi connectivity index (χ1) is 7.57. The zero-order chi connectivity index (χ0) is 12.6. The van der Waals surface area contributed by atoms with Crippen molar-refractivity contribution in [2.75, 3.05) is 19.8 Å². The Balaban J connectivity index is 5.01. The normalized spacial score (nSPS) is 13.8. The van der Waals surface area contributed by atoms with E-state index in [9.17, 15) is 4.79 Å². The minimum Gasteiger partial charge on any atom is -0.373 e. The van der Waals surface area contributed by atoms with Gasteiger partial charge >= 0.3 is 8.80 Å². The van der Waals surface area contributed by atoms with Gasteiger partial charge in [-0.2, -0.15) is 0 Å². The predicted octanol–water partition coefficient (Wildman–Crippen LogP) is 1.30. The number of hydrogen-bond donors (Lipinski definition) is 1. The van der Waals surface area contributed by atoms with E-state index in [1.54, 1.807) is 0 Å². The molecular formula is C10H23NO4Si. The first-order valence-electron chi connectivity index (χ1n) is 5.79. The second-order valence-electron chi connectivity index (χ2n) is 3.27. The van der Waals surface area contributed by atoms with Crippen molar-refractivity contribution < 1.29 is 18.1 Å². The van der Waals surface area contributed by atoms with Crippen LogP contribution in [0.2, 0.25) is 5.54 Å². The summed E-state index contributed by atoms with van der Waals surface area (Å²) in [5, 5.41) is 0. The van der Waals surface area contributed by atoms with Crippen LogP contribution in [0.5, 0.6) is 0 Å². The Hall–Kier alpha value is -0.433. The van der Waals surface area contributed by atoms with E-state index < -0.39 is 20.3 Å². The Bertz CT molecular complexity index is 196. The second kappa shape index (κ2) is 7.78. The molecular weight excluding hydrogens is 226 g/mol. The van der Waals surface area contributed by atoms with Crippen LogP contribution >= 0.6 is 0 Å². The van der Waals surface area contributed by atoms with Gasteiger partial charge in [0.25, 0.3) is 0 Å². The molecule has 0 saturated heterocycles. The van der Waals surface area contributed by atoms with Crippen molar-refractivity contribution in [2.45, 2.75) is 39.7 Å². The van der Waals surface area contributed by atoms with Crippen LogP contribution in [0.15, 0.2) is 0 Å². The molecule has 96 valence electrons. The van der Waals surface area contributed by atoms with E-state index in [0.717, 1.165) is 0 Å². The number of primary amides is 1. The highest BCUT2D eigenvalue weighted by Crippen LogP contribution is 2.28. The molecule has 0 bridgehead atoms. The van der Waals surface area contributed by atoms with Gasteiger partial charge in [0.1, 0.15) is 5.54 Å². The largest absolute Gasteiger partial charge is 0.513 e. The van der Waals surface area contributed by atoms with Crippen LogP contribution in [0.1, 0.15) is 34.1 Å². The fourth-order valence-corrected chi connectivity index (χ4v) is 4.56. The van der Waals surface area contributed by atoms with E-state index in [1.807, 2.05) is 27.7 Å². The van der Waals surface area contributed by atoms with Crippen molar-refractivity contribution in [2.24, 2.45) is 5.73 Å². The summed E-state index contributed by atoms with van der Waals surface area (Å²) in [6, 6.07) is 0. The second-order valence-corrected chi connectivity index (χ2v) is 6.04. The molecule has 0 spiro atoms. The highest BCUT2D eigenvalue weighted by molar-refractivity contribution is 6.66. The summed E-state index contributed by atoms with van der Waals surface area (Å²) < 4.78 is 16.9. The molecule has 5 nitrogen and oxygen atoms in total. The summed E-state index contributed by atoms with van der Waals surface area (Å²) in [6.45, 7) is 8.81. The number of nitrogens with two attached hydrogens (primary N) is 1. The highest BCUT2D eigenvalue weighted by Gasteiger charge is 2.51. The average Bonchev–Trinajstić information content (AvgIpc) is 2.19. The van der Waals surface area contributed by atoms with Crippen LogP contribution in [0.25, 0.3) is 0 Å². The Morgan fingerprint density at radius 1 is 1.06 bits per heavy atom. The lowest BCUT2D eigenvalue weighted by molar-refractivity contribution is -0.119. The van der Waals surface area contributed by atoms with Crippen LogP contribution in [0.3, 0.4) is 0 Å². The Labute approximate surface area is 98.6 Å². The molecule has 0 aliphatic carbocycles. The maximum Gasteiger partial charge on any atom is 0.513 e. The van der Waals surface area contributed by atoms with Gasteiger partial charge in [0.15, 0.2) is 0 Å². The first kappa shape index (κ1) is 15.6. The van der Waals surface area contributed by atoms with Crippen LogP contribution in [0, 0.1) is 0 Å². The summed E-state index contributed by atoms with van der Waals surface area (Å²) >= 11 is 0. The summed E-state index contributed by atoms with van der Waals surface area (Å²) in [5.41, 5.74) is 4.91. The molecule has 0 heterocycles. The molecule has 0 radical (unpaired) electrons. The van der Waals surface area contributed by atoms with E-state index >= 15 is 0 Å². The van der Waals surface area contributed by atoms with E-state index in [2.05, 4.69) is 0 Å². The minimum absolute atomic E-state index is 0.412. The molecule has 0 rings (SSSR count). The number of carbonyl (C=O) groups excluding carboxylic acids is 1. The molecule has 0 saturated carbocycles. The van der Waals surface area contributed by atoms with Gasteiger partial charge < -0.3 is 19.0 Å². The standard InChI is InChI=1S/C10H23NO4Si/c1-5-9(10(11)12)16(13-6-2,14-7-3)15-8-4/h9H,5-8H2,1-4H3,(H2,11,12). The molecule has 0 aromatic carbocycles. The summed E-state index contributed by atoms with van der Waals surface area (Å²) in [5.74, 6) is -0.412. The van der Waals surface area contributed by atoms with E-state index in [-0.39, 0.29) is 0 Å². The molecule has 1 amide bonds. The van der Waals surface area contributed by atoms with Crippen molar-refractivity contribution in [1.29, 1.82) is 0 Å². The number of amides is 1. The third-order valence-corrected chi connectivity index (χ3v) is 5.83. The van der Waals surface area contributed by atoms with E-state index in [4.69, 9.17) is 19.0 Å². The minimum atomic E-state index is -2.96. The van der Waals surface area contributed by atoms with Crippen LogP contribution in [0.4, 0.5) is 0 Å². The van der Waals surface area contributed by atoms with Crippen molar-refractivity contribution in [3.8, 4) is 0 Å². The molecule has 0 aliphatic heterocycles. The Morgan fingerprint density at radius 2 is 1.44 bits per heavy atom. The lowest BCUT2D eigenvalue weighted by Gasteiger charge is -2.33. The maximum atomic E-state index is 11.4. The molecule has 16 heavy (non-hydrogen) atoms. The number of carbonyl (C=O) groups is 1. The quantitative estimate of drug-likeness (QED) is 0.625. The molecule has 0 aliphatic rings. The predicted molar refractivity (Wildman–Crippen MR) is 63.9 cm³/mol. The summed E-state index contributed by atoms with van der Waals surface area (Å²) in [7, 11) is -2.96. The van der Waals surface area contributed by atoms with Crippen molar-refractivity contribution in [3.05, 3.63) is 0 Å². The highest BCUT2D eigenvalue weighted by atomic mass is 28.4. The average molecular weight is 249 g/mol. The van der Waals surface area contributed by atoms with Gasteiger partial charge in [0.2, 0.25) is 5.91 Å². The van der Waals surface area contributed by atoms with Crippen molar-refractivity contribution in [1.82, 2.24) is 0 Å². The molecule has 1 atom stereocenters. The van der Waals surface area contributed by atoms with Crippen LogP contribution in [-0.2, 0) is 18.1 Å². The smallest absolute Gasteiger partial charge is 0.373 e. The van der Waals surface area contributed by atoms with Gasteiger partial charge in [-0.1, -0.05) is 6.92 Å². The Morgan fingerprint density at radius 3 is 1.62 bits per heavy atom. The topological polar surface area (TPSA) is 70.8 Å². The summed E-state index contributed by atoms with van der Waals surface area (Å²) in [4.78, 5) is 11.4. The van der Waals surface area contributed by atoms with Gasteiger partial charge in [-0.25, -0.2) is 0 Å². The van der Waals surface area contributed by atoms with E-state index in [0.29, 0.717) is 26.2 Å². The van der Waals surface area contributed by atoms with Gasteiger partial charge in [-0.05, 0) is 27.2 Å². The fourth-order valence-electron chi connectivity index (χ4n) is 1.66. The van der Waals surface area contributed by atoms with Gasteiger partial charge in [0, 0.05) is 19.8 Å². The van der Waals surface area contributed by atoms with Gasteiger partial charge in [-0.3, -0.25) is 4.79 Å². The molecule has 0 aromatic rings. The summed E-state index contributed by atoms with van der Waals surface area (Å²) in [6.07, 6.45) is 0.571. The first-order valence-corrected chi connectivity index (χ1v) is 7.59. The maximum absolute atomic E-state index is 11.4. The van der Waals surface area contributed by atoms with E-state index in [1.165, 1.54) is 0 Å². The van der Waals surface area contributed by atoms with Crippen LogP contribution < -0.4 is 5.73 Å². The Kier molecular flexibility index (Phi) is 7.57. The van der Waals surface area contributed by atoms with Crippen molar-refractivity contribution >= 4 is 14.7 Å². The van der Waals surface area contributed by atoms with Gasteiger partial charge in [-0.15, -0.1) is 0 Å². The molecule has 0 aromatic heterocycles. The van der Waals surface area contributed by atoms with Gasteiger partial charge in [0.05, 0.1) is 0 Å². The number of hydrogen-bond acceptors (Lipinski definition) is 4. The monoisotopic (exact) mass is 249 g/mol. The third kappa shape index (κ3) is 3.86. The number of rotatable bonds is 9. The zero-order valence-corrected chi connectivity index (χ0v) is 11.6. The lowest BCUT2D eigenvalue weighted by atomic mass is 10.3. The third-order valence-electron chi connectivity index (χ3n) is 2.22. The zero-order valence-electron chi connectivity index (χ0n) is 10.6. The van der Waals surface area contributed by atoms with Crippen LogP contribution in [-0.4, -0.2) is 34.5 Å². The molecule has 6 heteroatoms. The molecule has 0 fully saturated rings. The van der Waals surface area contributed by atoms with Crippen molar-refractivity contribution in [3.63, 3.8) is 0 Å². The molecule has 2 N–H and O–H groups in total. The fraction of sp³-hybridized carbons (Fsp3) is 0.900. The SMILES string of the molecule is CCO[Si](OCC)(OCC)C(CC)C(N)=O. The lowest BCUT2D eigenvalue weighted by Crippen LogP contribution is -2.54. The molecule has 1 unspecified atom stereocenters.